The molecular formula is C18H2F20N2O2. The zero-order valence-electron chi connectivity index (χ0n) is 18.3. The van der Waals surface area contributed by atoms with Crippen LogP contribution in [-0.4, -0.2) is 40.1 Å². The van der Waals surface area contributed by atoms with Crippen molar-refractivity contribution in [3.8, 4) is 11.5 Å². The van der Waals surface area contributed by atoms with Gasteiger partial charge in [-0.2, -0.15) is 65.9 Å². The lowest BCUT2D eigenvalue weighted by atomic mass is 9.89. The molecule has 0 aromatic heterocycles. The second-order valence-corrected chi connectivity index (χ2v) is 7.54. The zero-order chi connectivity index (χ0) is 33.3. The van der Waals surface area contributed by atoms with Gasteiger partial charge >= 0.3 is 35.8 Å². The van der Waals surface area contributed by atoms with Crippen LogP contribution < -0.4 is 0 Å². The van der Waals surface area contributed by atoms with E-state index in [1.807, 2.05) is 10.2 Å². The van der Waals surface area contributed by atoms with Crippen LogP contribution in [0.15, 0.2) is 10.2 Å². The van der Waals surface area contributed by atoms with Gasteiger partial charge < -0.3 is 10.2 Å². The van der Waals surface area contributed by atoms with Crippen LogP contribution in [0.1, 0.15) is 5.56 Å². The Balaban J connectivity index is 2.98. The molecule has 0 atom stereocenters. The molecule has 2 rings (SSSR count). The highest BCUT2D eigenvalue weighted by atomic mass is 19.4. The first-order valence-electron chi connectivity index (χ1n) is 9.37. The van der Waals surface area contributed by atoms with E-state index in [1.165, 1.54) is 0 Å². The van der Waals surface area contributed by atoms with E-state index < -0.39 is 105 Å². The predicted octanol–water partition coefficient (Wildman–Crippen LogP) is 8.68. The third kappa shape index (κ3) is 4.48. The summed E-state index contributed by atoms with van der Waals surface area (Å²) >= 11 is 0. The number of rotatable bonds is 7. The van der Waals surface area contributed by atoms with Gasteiger partial charge in [-0.3, -0.25) is 0 Å². The molecule has 2 aromatic rings. The lowest BCUT2D eigenvalue weighted by molar-refractivity contribution is -0.441. The van der Waals surface area contributed by atoms with Crippen LogP contribution in [0.25, 0.3) is 0 Å². The summed E-state index contributed by atoms with van der Waals surface area (Å²) in [4.78, 5) is 0. The van der Waals surface area contributed by atoms with Gasteiger partial charge in [-0.05, 0) is 0 Å². The monoisotopic (exact) mass is 658 g/mol. The van der Waals surface area contributed by atoms with E-state index in [4.69, 9.17) is 0 Å². The van der Waals surface area contributed by atoms with E-state index in [1.54, 1.807) is 0 Å². The zero-order valence-corrected chi connectivity index (χ0v) is 18.3. The summed E-state index contributed by atoms with van der Waals surface area (Å²) in [6.45, 7) is 0. The number of hydrogen-bond acceptors (Lipinski definition) is 4. The van der Waals surface area contributed by atoms with Crippen molar-refractivity contribution >= 4 is 11.4 Å². The average Bonchev–Trinajstić information content (AvgIpc) is 2.86. The van der Waals surface area contributed by atoms with Gasteiger partial charge in [-0.25, -0.2) is 22.0 Å². The van der Waals surface area contributed by atoms with Gasteiger partial charge in [-0.15, -0.1) is 10.2 Å². The molecule has 0 unspecified atom stereocenters. The number of halogens is 20. The Morgan fingerprint density at radius 1 is 0.381 bits per heavy atom. The highest BCUT2D eigenvalue weighted by Gasteiger charge is 2.91. The summed E-state index contributed by atoms with van der Waals surface area (Å²) in [5.41, 5.74) is -9.76. The van der Waals surface area contributed by atoms with E-state index in [2.05, 4.69) is 0 Å². The molecule has 0 amide bonds. The lowest BCUT2D eigenvalue weighted by Crippen LogP contribution is -2.69. The number of nitrogens with zero attached hydrogens (tertiary/aromatic N) is 2. The van der Waals surface area contributed by atoms with Crippen molar-refractivity contribution in [2.45, 2.75) is 35.8 Å². The van der Waals surface area contributed by atoms with Crippen LogP contribution in [0, 0.1) is 40.7 Å². The van der Waals surface area contributed by atoms with Gasteiger partial charge in [0.25, 0.3) is 0 Å². The number of phenols is 2. The molecule has 0 fully saturated rings. The Labute approximate surface area is 214 Å². The molecule has 4 nitrogen and oxygen atoms in total. The number of benzene rings is 2. The summed E-state index contributed by atoms with van der Waals surface area (Å²) < 4.78 is 270. The highest BCUT2D eigenvalue weighted by Crippen LogP contribution is 2.63. The van der Waals surface area contributed by atoms with Gasteiger partial charge in [0.05, 0.1) is 5.56 Å². The standard InChI is InChI=1S/C18H2F20N2O2/c19-2-1(13(26,27)14(28,29)15(30,31)16(32,33)17(34,35)18(36,37)38)9(11(41)7(24)3(2)20)39-40-10-6(23)4(21)5(22)8(25)12(10)42/h41-42H. The smallest absolute Gasteiger partial charge is 0.460 e. The van der Waals surface area contributed by atoms with Gasteiger partial charge in [0, 0.05) is 0 Å². The summed E-state index contributed by atoms with van der Waals surface area (Å²) in [6, 6.07) is 0. The van der Waals surface area contributed by atoms with E-state index >= 15 is 0 Å². The molecule has 24 heteroatoms. The SMILES string of the molecule is Oc1c(F)c(F)c(F)c(F)c1N=Nc1c(O)c(F)c(F)c(F)c1C(F)(F)C(F)(F)C(F)(F)C(F)(F)C(F)(F)C(F)(F)F. The Kier molecular flexibility index (Phi) is 8.13. The molecule has 0 saturated carbocycles. The van der Waals surface area contributed by atoms with Gasteiger partial charge in [-0.1, -0.05) is 0 Å². The summed E-state index contributed by atoms with van der Waals surface area (Å²) in [5, 5.41) is 22.5. The van der Waals surface area contributed by atoms with Crippen LogP contribution in [0.4, 0.5) is 99.2 Å². The Bertz CT molecular complexity index is 1420. The van der Waals surface area contributed by atoms with Crippen molar-refractivity contribution in [3.63, 3.8) is 0 Å². The topological polar surface area (TPSA) is 65.2 Å². The van der Waals surface area contributed by atoms with E-state index in [9.17, 15) is 98.0 Å². The Morgan fingerprint density at radius 3 is 1.14 bits per heavy atom. The van der Waals surface area contributed by atoms with Crippen LogP contribution in [-0.2, 0) is 5.92 Å². The maximum atomic E-state index is 14.6. The molecule has 0 bridgehead atoms. The normalized spacial score (nSPS) is 14.3. The molecule has 0 heterocycles. The van der Waals surface area contributed by atoms with E-state index in [-0.39, 0.29) is 0 Å². The molecule has 0 aliphatic rings. The summed E-state index contributed by atoms with van der Waals surface area (Å²) in [5.74, 6) is -69.4. The third-order valence-electron chi connectivity index (χ3n) is 4.99. The van der Waals surface area contributed by atoms with Crippen molar-refractivity contribution in [2.24, 2.45) is 10.2 Å². The minimum atomic E-state index is -8.63. The largest absolute Gasteiger partial charge is 0.503 e. The van der Waals surface area contributed by atoms with Gasteiger partial charge in [0.1, 0.15) is 5.69 Å². The van der Waals surface area contributed by atoms with Gasteiger partial charge in [0.15, 0.2) is 40.5 Å². The number of azo groups is 1. The molecule has 0 saturated heterocycles. The molecule has 2 aromatic carbocycles. The first-order valence-corrected chi connectivity index (χ1v) is 9.37. The van der Waals surface area contributed by atoms with Gasteiger partial charge in [0.2, 0.25) is 17.5 Å². The molecule has 0 spiro atoms. The third-order valence-corrected chi connectivity index (χ3v) is 4.99. The molecular weight excluding hydrogens is 656 g/mol. The van der Waals surface area contributed by atoms with E-state index in [0.29, 0.717) is 0 Å². The fourth-order valence-corrected chi connectivity index (χ4v) is 2.75. The first kappa shape index (κ1) is 34.4. The molecule has 236 valence electrons. The number of phenolic OH excluding ortho intramolecular Hbond substituents is 2. The molecule has 0 radical (unpaired) electrons. The maximum Gasteiger partial charge on any atom is 0.460 e. The maximum absolute atomic E-state index is 14.6. The van der Waals surface area contributed by atoms with Crippen LogP contribution in [0.5, 0.6) is 11.5 Å². The lowest BCUT2D eigenvalue weighted by Gasteiger charge is -2.40. The van der Waals surface area contributed by atoms with Crippen LogP contribution in [0.2, 0.25) is 0 Å². The fourth-order valence-electron chi connectivity index (χ4n) is 2.75. The Morgan fingerprint density at radius 2 is 0.714 bits per heavy atom. The second-order valence-electron chi connectivity index (χ2n) is 7.54. The summed E-state index contributed by atoms with van der Waals surface area (Å²) in [6.07, 6.45) is -7.86. The minimum absolute atomic E-state index is 1.88. The van der Waals surface area contributed by atoms with Crippen molar-refractivity contribution in [3.05, 3.63) is 46.3 Å². The fraction of sp³-hybridized carbons (Fsp3) is 0.333. The molecule has 2 N–H and O–H groups in total. The van der Waals surface area contributed by atoms with Crippen molar-refractivity contribution in [1.82, 2.24) is 0 Å². The molecule has 42 heavy (non-hydrogen) atoms. The van der Waals surface area contributed by atoms with Crippen molar-refractivity contribution in [1.29, 1.82) is 0 Å². The number of aromatic hydroxyl groups is 2. The highest BCUT2D eigenvalue weighted by molar-refractivity contribution is 5.62. The van der Waals surface area contributed by atoms with Crippen LogP contribution in [0.3, 0.4) is 0 Å². The summed E-state index contributed by atoms with van der Waals surface area (Å²) in [7, 11) is 0. The minimum Gasteiger partial charge on any atom is -0.503 e. The van der Waals surface area contributed by atoms with E-state index in [0.717, 1.165) is 0 Å². The first-order chi connectivity index (χ1) is 18.6. The van der Waals surface area contributed by atoms with Crippen LogP contribution >= 0.6 is 0 Å². The second kappa shape index (κ2) is 9.91. The van der Waals surface area contributed by atoms with Crippen molar-refractivity contribution in [2.75, 3.05) is 0 Å². The number of alkyl halides is 13. The molecule has 0 aliphatic carbocycles. The predicted molar refractivity (Wildman–Crippen MR) is 89.8 cm³/mol. The number of hydrogen-bond donors (Lipinski definition) is 2. The average molecular weight is 658 g/mol. The molecule has 0 aliphatic heterocycles. The quantitative estimate of drug-likeness (QED) is 0.135. The van der Waals surface area contributed by atoms with Crippen molar-refractivity contribution < 1.29 is 98.0 Å². The Hall–Kier alpha value is -3.76.